The molecule has 0 aliphatic carbocycles. The summed E-state index contributed by atoms with van der Waals surface area (Å²) in [6, 6.07) is 28.9. The second-order valence-electron chi connectivity index (χ2n) is 12.7. The number of esters is 2. The summed E-state index contributed by atoms with van der Waals surface area (Å²) in [7, 11) is 0. The topological polar surface area (TPSA) is 61.8 Å². The summed E-state index contributed by atoms with van der Waals surface area (Å²) in [5.74, 6) is 0.397. The summed E-state index contributed by atoms with van der Waals surface area (Å²) < 4.78 is 18.7. The molecule has 0 bridgehead atoms. The lowest BCUT2D eigenvalue weighted by Gasteiger charge is -2.27. The molecule has 4 aromatic carbocycles. The third-order valence-electron chi connectivity index (χ3n) is 8.12. The molecule has 236 valence electrons. The van der Waals surface area contributed by atoms with Crippen LogP contribution < -0.4 is 9.47 Å². The monoisotopic (exact) mass is 718 g/mol. The zero-order valence-corrected chi connectivity index (χ0v) is 29.4. The molecular formula is C39H43IO5. The van der Waals surface area contributed by atoms with Gasteiger partial charge in [-0.15, -0.1) is 0 Å². The molecule has 5 nitrogen and oxygen atoms in total. The van der Waals surface area contributed by atoms with Crippen molar-refractivity contribution in [2.45, 2.75) is 78.4 Å². The summed E-state index contributed by atoms with van der Waals surface area (Å²) in [5, 5.41) is 0. The van der Waals surface area contributed by atoms with Crippen LogP contribution in [-0.4, -0.2) is 27.6 Å². The quantitative estimate of drug-likeness (QED) is 0.0480. The molecule has 0 saturated carbocycles. The molecule has 0 N–H and O–H groups in total. The highest BCUT2D eigenvalue weighted by molar-refractivity contribution is 14.1. The highest BCUT2D eigenvalue weighted by Crippen LogP contribution is 2.38. The predicted octanol–water partition coefficient (Wildman–Crippen LogP) is 10.0. The molecule has 0 saturated heterocycles. The van der Waals surface area contributed by atoms with Crippen molar-refractivity contribution in [3.63, 3.8) is 0 Å². The summed E-state index contributed by atoms with van der Waals surface area (Å²) in [6.07, 6.45) is 1.67. The Morgan fingerprint density at radius 3 is 1.78 bits per heavy atom. The summed E-state index contributed by atoms with van der Waals surface area (Å²) in [4.78, 5) is 25.5. The van der Waals surface area contributed by atoms with Crippen LogP contribution in [0.15, 0.2) is 91.0 Å². The lowest BCUT2D eigenvalue weighted by Crippen LogP contribution is -2.28. The zero-order valence-electron chi connectivity index (χ0n) is 27.3. The number of ether oxygens (including phenoxy) is 3. The van der Waals surface area contributed by atoms with Gasteiger partial charge in [-0.25, -0.2) is 9.59 Å². The van der Waals surface area contributed by atoms with Gasteiger partial charge in [-0.3, -0.25) is 0 Å². The SMILES string of the molecule is CCC(C)(C)OC(=O)c1ccc(C(=O)Oc2ccc(C(c3ccccc3)c3ccc(OC(C)(C)CCI)cc3C)c(C)c2)cc1. The highest BCUT2D eigenvalue weighted by Gasteiger charge is 2.24. The van der Waals surface area contributed by atoms with Crippen molar-refractivity contribution in [1.29, 1.82) is 0 Å². The van der Waals surface area contributed by atoms with Gasteiger partial charge in [0.2, 0.25) is 0 Å². The molecule has 0 amide bonds. The highest BCUT2D eigenvalue weighted by atomic mass is 127. The Bertz CT molecular complexity index is 1620. The zero-order chi connectivity index (χ0) is 32.8. The van der Waals surface area contributed by atoms with Gasteiger partial charge in [0.1, 0.15) is 22.7 Å². The molecule has 0 aliphatic heterocycles. The van der Waals surface area contributed by atoms with Gasteiger partial charge in [0.05, 0.1) is 11.1 Å². The van der Waals surface area contributed by atoms with Crippen molar-refractivity contribution in [2.75, 3.05) is 4.43 Å². The van der Waals surface area contributed by atoms with Gasteiger partial charge >= 0.3 is 11.9 Å². The molecule has 0 spiro atoms. The average Bonchev–Trinajstić information content (AvgIpc) is 2.99. The predicted molar refractivity (Wildman–Crippen MR) is 189 cm³/mol. The second-order valence-corrected chi connectivity index (χ2v) is 13.7. The minimum atomic E-state index is -0.556. The van der Waals surface area contributed by atoms with Crippen molar-refractivity contribution < 1.29 is 23.8 Å². The number of carbonyl (C=O) groups is 2. The van der Waals surface area contributed by atoms with Crippen LogP contribution in [-0.2, 0) is 4.74 Å². The van der Waals surface area contributed by atoms with E-state index >= 15 is 0 Å². The van der Waals surface area contributed by atoms with Crippen LogP contribution in [0.3, 0.4) is 0 Å². The minimum absolute atomic E-state index is 0.0163. The van der Waals surface area contributed by atoms with Gasteiger partial charge in [-0.1, -0.05) is 72.0 Å². The number of hydrogen-bond acceptors (Lipinski definition) is 5. The van der Waals surface area contributed by atoms with Gasteiger partial charge in [0.15, 0.2) is 0 Å². The number of alkyl halides is 1. The first-order valence-corrected chi connectivity index (χ1v) is 16.9. The van der Waals surface area contributed by atoms with Crippen molar-refractivity contribution in [1.82, 2.24) is 0 Å². The molecule has 6 heteroatoms. The first-order chi connectivity index (χ1) is 21.3. The second kappa shape index (κ2) is 14.6. The van der Waals surface area contributed by atoms with E-state index in [-0.39, 0.29) is 11.5 Å². The van der Waals surface area contributed by atoms with Gasteiger partial charge in [0, 0.05) is 10.3 Å². The molecule has 4 aromatic rings. The molecule has 0 aromatic heterocycles. The van der Waals surface area contributed by atoms with Crippen LogP contribution in [0.25, 0.3) is 0 Å². The fourth-order valence-electron chi connectivity index (χ4n) is 5.13. The van der Waals surface area contributed by atoms with Gasteiger partial charge < -0.3 is 14.2 Å². The lowest BCUT2D eigenvalue weighted by atomic mass is 9.81. The van der Waals surface area contributed by atoms with E-state index in [1.807, 2.05) is 52.0 Å². The van der Waals surface area contributed by atoms with E-state index in [1.54, 1.807) is 24.3 Å². The van der Waals surface area contributed by atoms with Crippen LogP contribution in [0.2, 0.25) is 0 Å². The van der Waals surface area contributed by atoms with Gasteiger partial charge in [0.25, 0.3) is 0 Å². The number of rotatable bonds is 12. The Morgan fingerprint density at radius 2 is 1.24 bits per heavy atom. The third kappa shape index (κ3) is 8.97. The van der Waals surface area contributed by atoms with E-state index in [2.05, 4.69) is 85.8 Å². The van der Waals surface area contributed by atoms with Crippen molar-refractivity contribution in [3.05, 3.63) is 130 Å². The van der Waals surface area contributed by atoms with Gasteiger partial charge in [-0.2, -0.15) is 0 Å². The smallest absolute Gasteiger partial charge is 0.343 e. The number of benzene rings is 4. The Labute approximate surface area is 281 Å². The molecule has 0 aliphatic rings. The van der Waals surface area contributed by atoms with E-state index in [9.17, 15) is 9.59 Å². The van der Waals surface area contributed by atoms with E-state index < -0.39 is 17.5 Å². The number of halogens is 1. The molecule has 0 radical (unpaired) electrons. The first kappa shape index (κ1) is 34.2. The Hall–Kier alpha value is -3.65. The van der Waals surface area contributed by atoms with Crippen LogP contribution in [0.4, 0.5) is 0 Å². The summed E-state index contributed by atoms with van der Waals surface area (Å²) >= 11 is 2.39. The third-order valence-corrected chi connectivity index (χ3v) is 8.65. The standard InChI is InChI=1S/C39H43IO5/c1-8-38(4,5)45-37(42)30-16-14-29(15-17-30)36(41)43-31-18-20-33(26(2)24-31)35(28-12-10-9-11-13-28)34-21-19-32(25-27(34)3)44-39(6,7)22-23-40/h9-21,24-25,35H,8,22-23H2,1-7H3. The summed E-state index contributed by atoms with van der Waals surface area (Å²) in [6.45, 7) is 14.1. The Kier molecular flexibility index (Phi) is 11.1. The maximum absolute atomic E-state index is 13.0. The molecule has 1 unspecified atom stereocenters. The normalized spacial score (nSPS) is 12.4. The van der Waals surface area contributed by atoms with Crippen molar-refractivity contribution in [3.8, 4) is 11.5 Å². The number of carbonyl (C=O) groups excluding carboxylic acids is 2. The number of aryl methyl sites for hydroxylation is 2. The van der Waals surface area contributed by atoms with Gasteiger partial charge in [-0.05, 0) is 131 Å². The largest absolute Gasteiger partial charge is 0.488 e. The fourth-order valence-corrected chi connectivity index (χ4v) is 6.43. The molecule has 0 fully saturated rings. The number of hydrogen-bond donors (Lipinski definition) is 0. The van der Waals surface area contributed by atoms with E-state index in [0.717, 1.165) is 33.3 Å². The minimum Gasteiger partial charge on any atom is -0.488 e. The van der Waals surface area contributed by atoms with Crippen molar-refractivity contribution >= 4 is 34.5 Å². The van der Waals surface area contributed by atoms with Crippen LogP contribution in [0.1, 0.15) is 102 Å². The fraction of sp³-hybridized carbons (Fsp3) is 0.333. The van der Waals surface area contributed by atoms with E-state index in [1.165, 1.54) is 11.1 Å². The molecular weight excluding hydrogens is 675 g/mol. The molecule has 1 atom stereocenters. The van der Waals surface area contributed by atoms with Crippen LogP contribution in [0.5, 0.6) is 11.5 Å². The summed E-state index contributed by atoms with van der Waals surface area (Å²) in [5.41, 5.74) is 5.59. The lowest BCUT2D eigenvalue weighted by molar-refractivity contribution is -0.00247. The van der Waals surface area contributed by atoms with Crippen LogP contribution >= 0.6 is 22.6 Å². The van der Waals surface area contributed by atoms with E-state index in [0.29, 0.717) is 23.3 Å². The molecule has 4 rings (SSSR count). The Balaban J connectivity index is 1.57. The van der Waals surface area contributed by atoms with Crippen LogP contribution in [0, 0.1) is 13.8 Å². The average molecular weight is 719 g/mol. The Morgan fingerprint density at radius 1 is 0.711 bits per heavy atom. The molecule has 45 heavy (non-hydrogen) atoms. The van der Waals surface area contributed by atoms with E-state index in [4.69, 9.17) is 14.2 Å². The first-order valence-electron chi connectivity index (χ1n) is 15.4. The molecule has 0 heterocycles. The van der Waals surface area contributed by atoms with Crippen molar-refractivity contribution in [2.24, 2.45) is 0 Å². The maximum Gasteiger partial charge on any atom is 0.343 e. The maximum atomic E-state index is 13.0.